The summed E-state index contributed by atoms with van der Waals surface area (Å²) >= 11 is 6.62. The van der Waals surface area contributed by atoms with Gasteiger partial charge in [-0.2, -0.15) is 0 Å². The average molecular weight is 276 g/mol. The fraction of sp³-hybridized carbons (Fsp3) is 0.111. The normalized spacial score (nSPS) is 10.7. The van der Waals surface area contributed by atoms with Crippen LogP contribution >= 0.6 is 31.9 Å². The second-order valence-electron chi connectivity index (χ2n) is 2.19. The van der Waals surface area contributed by atoms with Crippen LogP contribution in [-0.2, 0) is 6.42 Å². The predicted molar refractivity (Wildman–Crippen MR) is 55.9 cm³/mol. The van der Waals surface area contributed by atoms with Crippen molar-refractivity contribution in [3.8, 4) is 0 Å². The molecular formula is C9H8Br2. The largest absolute Gasteiger partial charge is 0.0732 e. The van der Waals surface area contributed by atoms with Gasteiger partial charge >= 0.3 is 0 Å². The van der Waals surface area contributed by atoms with Crippen LogP contribution in [0.3, 0.4) is 0 Å². The van der Waals surface area contributed by atoms with Crippen LogP contribution in [0.2, 0.25) is 0 Å². The standard InChI is InChI=1S/C9H8Br2/c10-7-1-2-8-3-5-9(11)6-4-8/h1,3-7H,2H2/b7-1+. The molecule has 1 aromatic rings. The van der Waals surface area contributed by atoms with Gasteiger partial charge in [0.1, 0.15) is 0 Å². The molecular weight excluding hydrogens is 268 g/mol. The zero-order chi connectivity index (χ0) is 8.10. The lowest BCUT2D eigenvalue weighted by atomic mass is 10.2. The summed E-state index contributed by atoms with van der Waals surface area (Å²) in [4.78, 5) is 1.88. The van der Waals surface area contributed by atoms with Gasteiger partial charge in [0.05, 0.1) is 0 Å². The quantitative estimate of drug-likeness (QED) is 0.768. The van der Waals surface area contributed by atoms with Gasteiger partial charge in [0.2, 0.25) is 0 Å². The van der Waals surface area contributed by atoms with Gasteiger partial charge in [-0.15, -0.1) is 0 Å². The van der Waals surface area contributed by atoms with E-state index in [9.17, 15) is 0 Å². The Balaban J connectivity index is 2.66. The van der Waals surface area contributed by atoms with Crippen molar-refractivity contribution in [1.82, 2.24) is 0 Å². The summed E-state index contributed by atoms with van der Waals surface area (Å²) in [7, 11) is 0. The molecule has 0 fully saturated rings. The maximum atomic E-state index is 3.39. The molecule has 0 heterocycles. The molecule has 58 valence electrons. The van der Waals surface area contributed by atoms with Crippen molar-refractivity contribution in [2.75, 3.05) is 0 Å². The molecule has 0 aliphatic rings. The van der Waals surface area contributed by atoms with E-state index in [0.717, 1.165) is 10.9 Å². The van der Waals surface area contributed by atoms with E-state index in [1.807, 2.05) is 4.99 Å². The monoisotopic (exact) mass is 274 g/mol. The highest BCUT2D eigenvalue weighted by Gasteiger charge is 1.88. The van der Waals surface area contributed by atoms with Crippen LogP contribution in [0.1, 0.15) is 5.56 Å². The Labute approximate surface area is 83.6 Å². The minimum Gasteiger partial charge on any atom is -0.0732 e. The molecule has 0 aliphatic heterocycles. The van der Waals surface area contributed by atoms with Crippen LogP contribution in [0.5, 0.6) is 0 Å². The van der Waals surface area contributed by atoms with Crippen molar-refractivity contribution in [1.29, 1.82) is 0 Å². The highest BCUT2D eigenvalue weighted by atomic mass is 79.9. The fourth-order valence-electron chi connectivity index (χ4n) is 0.801. The van der Waals surface area contributed by atoms with Gasteiger partial charge in [0, 0.05) is 4.47 Å². The first-order chi connectivity index (χ1) is 5.33. The molecule has 0 spiro atoms. The first-order valence-corrected chi connectivity index (χ1v) is 5.03. The molecule has 11 heavy (non-hydrogen) atoms. The van der Waals surface area contributed by atoms with Crippen molar-refractivity contribution in [2.24, 2.45) is 0 Å². The Hall–Kier alpha value is -0.0800. The Morgan fingerprint density at radius 3 is 2.36 bits per heavy atom. The smallest absolute Gasteiger partial charge is 0.0175 e. The molecule has 0 aliphatic carbocycles. The second kappa shape index (κ2) is 4.73. The van der Waals surface area contributed by atoms with E-state index in [1.165, 1.54) is 5.56 Å². The van der Waals surface area contributed by atoms with Crippen LogP contribution in [-0.4, -0.2) is 0 Å². The second-order valence-corrected chi connectivity index (χ2v) is 3.64. The van der Waals surface area contributed by atoms with E-state index >= 15 is 0 Å². The first kappa shape index (κ1) is 9.01. The Kier molecular flexibility index (Phi) is 3.87. The molecule has 1 rings (SSSR count). The number of allylic oxidation sites excluding steroid dienone is 1. The van der Waals surface area contributed by atoms with Crippen molar-refractivity contribution in [3.05, 3.63) is 45.4 Å². The summed E-state index contributed by atoms with van der Waals surface area (Å²) in [6.45, 7) is 0. The number of hydrogen-bond donors (Lipinski definition) is 0. The lowest BCUT2D eigenvalue weighted by Gasteiger charge is -1.94. The van der Waals surface area contributed by atoms with E-state index < -0.39 is 0 Å². The zero-order valence-corrected chi connectivity index (χ0v) is 9.10. The molecule has 0 atom stereocenters. The summed E-state index contributed by atoms with van der Waals surface area (Å²) < 4.78 is 1.13. The lowest BCUT2D eigenvalue weighted by Crippen LogP contribution is -1.77. The maximum absolute atomic E-state index is 3.39. The van der Waals surface area contributed by atoms with Gasteiger partial charge < -0.3 is 0 Å². The van der Waals surface area contributed by atoms with E-state index in [0.29, 0.717) is 0 Å². The minimum atomic E-state index is 0.985. The van der Waals surface area contributed by atoms with E-state index in [1.54, 1.807) is 0 Å². The van der Waals surface area contributed by atoms with Gasteiger partial charge in [0.15, 0.2) is 0 Å². The van der Waals surface area contributed by atoms with Gasteiger partial charge in [0.25, 0.3) is 0 Å². The average Bonchev–Trinajstić information content (AvgIpc) is 2.04. The third kappa shape index (κ3) is 3.21. The van der Waals surface area contributed by atoms with Crippen molar-refractivity contribution in [3.63, 3.8) is 0 Å². The summed E-state index contributed by atoms with van der Waals surface area (Å²) in [5.74, 6) is 0. The van der Waals surface area contributed by atoms with Crippen LogP contribution < -0.4 is 0 Å². The highest BCUT2D eigenvalue weighted by molar-refractivity contribution is 9.11. The van der Waals surface area contributed by atoms with Crippen molar-refractivity contribution < 1.29 is 0 Å². The molecule has 0 saturated carbocycles. The molecule has 0 bridgehead atoms. The predicted octanol–water partition coefficient (Wildman–Crippen LogP) is 3.90. The molecule has 1 aromatic carbocycles. The van der Waals surface area contributed by atoms with Crippen LogP contribution in [0.4, 0.5) is 0 Å². The summed E-state index contributed by atoms with van der Waals surface area (Å²) in [6, 6.07) is 8.32. The highest BCUT2D eigenvalue weighted by Crippen LogP contribution is 2.11. The minimum absolute atomic E-state index is 0.985. The third-order valence-corrected chi connectivity index (χ3v) is 2.26. The number of rotatable bonds is 2. The molecule has 2 heteroatoms. The Bertz CT molecular complexity index is 236. The number of hydrogen-bond acceptors (Lipinski definition) is 0. The summed E-state index contributed by atoms with van der Waals surface area (Å²) in [6.07, 6.45) is 3.06. The maximum Gasteiger partial charge on any atom is 0.0175 e. The van der Waals surface area contributed by atoms with Crippen molar-refractivity contribution >= 4 is 31.9 Å². The van der Waals surface area contributed by atoms with Gasteiger partial charge in [-0.3, -0.25) is 0 Å². The van der Waals surface area contributed by atoms with E-state index in [-0.39, 0.29) is 0 Å². The van der Waals surface area contributed by atoms with Gasteiger partial charge in [-0.25, -0.2) is 0 Å². The SMILES string of the molecule is Br/C=C/Cc1ccc(Br)cc1. The van der Waals surface area contributed by atoms with Crippen LogP contribution in [0.15, 0.2) is 39.8 Å². The number of benzene rings is 1. The molecule has 0 nitrogen and oxygen atoms in total. The topological polar surface area (TPSA) is 0 Å². The molecule has 0 radical (unpaired) electrons. The van der Waals surface area contributed by atoms with Crippen LogP contribution in [0.25, 0.3) is 0 Å². The lowest BCUT2D eigenvalue weighted by molar-refractivity contribution is 1.27. The van der Waals surface area contributed by atoms with Crippen molar-refractivity contribution in [2.45, 2.75) is 6.42 Å². The Morgan fingerprint density at radius 2 is 1.82 bits per heavy atom. The molecule has 0 saturated heterocycles. The molecule has 0 unspecified atom stereocenters. The number of halogens is 2. The summed E-state index contributed by atoms with van der Waals surface area (Å²) in [5.41, 5.74) is 1.32. The van der Waals surface area contributed by atoms with E-state index in [2.05, 4.69) is 62.2 Å². The zero-order valence-electron chi connectivity index (χ0n) is 5.93. The molecule has 0 amide bonds. The summed E-state index contributed by atoms with van der Waals surface area (Å²) in [5, 5.41) is 0. The van der Waals surface area contributed by atoms with Gasteiger partial charge in [-0.1, -0.05) is 50.1 Å². The Morgan fingerprint density at radius 1 is 1.18 bits per heavy atom. The first-order valence-electron chi connectivity index (χ1n) is 3.32. The third-order valence-electron chi connectivity index (χ3n) is 1.36. The van der Waals surface area contributed by atoms with E-state index in [4.69, 9.17) is 0 Å². The van der Waals surface area contributed by atoms with Crippen LogP contribution in [0, 0.1) is 0 Å². The fourth-order valence-corrected chi connectivity index (χ4v) is 1.25. The van der Waals surface area contributed by atoms with Gasteiger partial charge in [-0.05, 0) is 29.1 Å². The molecule has 0 aromatic heterocycles. The molecule has 0 N–H and O–H groups in total.